The minimum absolute atomic E-state index is 0.0733. The smallest absolute Gasteiger partial charge is 0.261 e. The van der Waals surface area contributed by atoms with Crippen LogP contribution in [0.2, 0.25) is 5.02 Å². The van der Waals surface area contributed by atoms with Crippen molar-refractivity contribution < 1.29 is 9.53 Å². The van der Waals surface area contributed by atoms with Crippen LogP contribution in [0.4, 0.5) is 0 Å². The van der Waals surface area contributed by atoms with Gasteiger partial charge in [0.25, 0.3) is 5.91 Å². The molecule has 6 heteroatoms. The van der Waals surface area contributed by atoms with Gasteiger partial charge in [-0.05, 0) is 38.6 Å². The Labute approximate surface area is 149 Å². The van der Waals surface area contributed by atoms with Gasteiger partial charge in [-0.2, -0.15) is 0 Å². The number of rotatable bonds is 8. The van der Waals surface area contributed by atoms with Crippen molar-refractivity contribution in [2.45, 2.75) is 25.9 Å². The molecule has 1 aromatic rings. The average molecular weight is 354 g/mol. The molecule has 1 fully saturated rings. The summed E-state index contributed by atoms with van der Waals surface area (Å²) in [5, 5.41) is 3.50. The van der Waals surface area contributed by atoms with Crippen molar-refractivity contribution in [3.8, 4) is 5.75 Å². The third-order valence-electron chi connectivity index (χ3n) is 4.32. The third-order valence-corrected chi connectivity index (χ3v) is 4.63. The minimum Gasteiger partial charge on any atom is -0.479 e. The number of carbonyl (C=O) groups excluding carboxylic acids is 1. The number of hydrogen-bond donors (Lipinski definition) is 1. The van der Waals surface area contributed by atoms with E-state index < -0.39 is 6.10 Å². The van der Waals surface area contributed by atoms with Crippen molar-refractivity contribution in [1.82, 2.24) is 15.1 Å². The Morgan fingerprint density at radius 1 is 1.29 bits per heavy atom. The molecule has 0 saturated carbocycles. The van der Waals surface area contributed by atoms with Gasteiger partial charge in [-0.3, -0.25) is 4.79 Å². The highest BCUT2D eigenvalue weighted by molar-refractivity contribution is 6.32. The topological polar surface area (TPSA) is 44.8 Å². The largest absolute Gasteiger partial charge is 0.479 e. The number of benzene rings is 1. The number of amides is 1. The predicted octanol–water partition coefficient (Wildman–Crippen LogP) is 2.25. The van der Waals surface area contributed by atoms with Gasteiger partial charge in [-0.1, -0.05) is 30.7 Å². The van der Waals surface area contributed by atoms with Gasteiger partial charge >= 0.3 is 0 Å². The maximum absolute atomic E-state index is 12.3. The molecule has 1 atom stereocenters. The lowest BCUT2D eigenvalue weighted by Gasteiger charge is -2.32. The summed E-state index contributed by atoms with van der Waals surface area (Å²) < 4.78 is 5.76. The Kier molecular flexibility index (Phi) is 7.82. The Hall–Kier alpha value is -1.30. The molecule has 1 aliphatic rings. The summed E-state index contributed by atoms with van der Waals surface area (Å²) in [5.74, 6) is 0.481. The van der Waals surface area contributed by atoms with Crippen molar-refractivity contribution in [2.75, 3.05) is 46.3 Å². The molecule has 1 amide bonds. The highest BCUT2D eigenvalue weighted by Crippen LogP contribution is 2.24. The molecule has 0 radical (unpaired) electrons. The molecule has 134 valence electrons. The zero-order chi connectivity index (χ0) is 17.4. The number of halogens is 1. The van der Waals surface area contributed by atoms with Gasteiger partial charge in [-0.15, -0.1) is 0 Å². The number of nitrogens with zero attached hydrogens (tertiary/aromatic N) is 2. The number of likely N-dealkylation sites (N-methyl/N-ethyl adjacent to an activating group) is 1. The summed E-state index contributed by atoms with van der Waals surface area (Å²) >= 11 is 6.09. The molecule has 0 bridgehead atoms. The van der Waals surface area contributed by atoms with Gasteiger partial charge in [0.05, 0.1) is 5.02 Å². The Bertz CT molecular complexity index is 519. The number of hydrogen-bond acceptors (Lipinski definition) is 4. The van der Waals surface area contributed by atoms with Gasteiger partial charge in [0.2, 0.25) is 0 Å². The summed E-state index contributed by atoms with van der Waals surface area (Å²) in [5.41, 5.74) is 0. The summed E-state index contributed by atoms with van der Waals surface area (Å²) in [4.78, 5) is 17.1. The summed E-state index contributed by atoms with van der Waals surface area (Å²) in [7, 11) is 2.15. The highest BCUT2D eigenvalue weighted by Gasteiger charge is 2.19. The lowest BCUT2D eigenvalue weighted by atomic mass is 10.2. The van der Waals surface area contributed by atoms with Crippen molar-refractivity contribution in [3.63, 3.8) is 0 Å². The van der Waals surface area contributed by atoms with E-state index >= 15 is 0 Å². The van der Waals surface area contributed by atoms with E-state index in [0.29, 0.717) is 23.7 Å². The summed E-state index contributed by atoms with van der Waals surface area (Å²) in [6.07, 6.45) is 1.06. The fourth-order valence-electron chi connectivity index (χ4n) is 2.72. The number of ether oxygens (including phenoxy) is 1. The summed E-state index contributed by atoms with van der Waals surface area (Å²) in [6.45, 7) is 8.09. The van der Waals surface area contributed by atoms with Crippen LogP contribution in [0.3, 0.4) is 0 Å². The lowest BCUT2D eigenvalue weighted by Crippen LogP contribution is -2.45. The Balaban J connectivity index is 1.69. The van der Waals surface area contributed by atoms with Crippen LogP contribution in [0.5, 0.6) is 5.75 Å². The van der Waals surface area contributed by atoms with E-state index in [-0.39, 0.29) is 5.91 Å². The zero-order valence-corrected chi connectivity index (χ0v) is 15.4. The van der Waals surface area contributed by atoms with E-state index in [0.717, 1.165) is 39.1 Å². The van der Waals surface area contributed by atoms with Crippen LogP contribution in [-0.2, 0) is 4.79 Å². The number of para-hydroxylation sites is 1. The summed E-state index contributed by atoms with van der Waals surface area (Å²) in [6, 6.07) is 7.24. The first-order valence-corrected chi connectivity index (χ1v) is 9.07. The highest BCUT2D eigenvalue weighted by atomic mass is 35.5. The van der Waals surface area contributed by atoms with Crippen LogP contribution in [0.15, 0.2) is 24.3 Å². The van der Waals surface area contributed by atoms with Crippen molar-refractivity contribution in [1.29, 1.82) is 0 Å². The molecule has 1 aromatic carbocycles. The van der Waals surface area contributed by atoms with Crippen molar-refractivity contribution >= 4 is 17.5 Å². The second-order valence-electron chi connectivity index (χ2n) is 6.23. The maximum atomic E-state index is 12.3. The molecule has 24 heavy (non-hydrogen) atoms. The van der Waals surface area contributed by atoms with E-state index in [1.54, 1.807) is 12.1 Å². The van der Waals surface area contributed by atoms with Crippen LogP contribution in [-0.4, -0.2) is 68.1 Å². The molecule has 0 aromatic heterocycles. The number of piperazine rings is 1. The van der Waals surface area contributed by atoms with Gasteiger partial charge in [0.15, 0.2) is 6.10 Å². The molecule has 2 rings (SSSR count). The fourth-order valence-corrected chi connectivity index (χ4v) is 2.90. The van der Waals surface area contributed by atoms with E-state index in [2.05, 4.69) is 22.2 Å². The minimum atomic E-state index is -0.506. The molecular formula is C18H28ClN3O2. The van der Waals surface area contributed by atoms with Gasteiger partial charge in [-0.25, -0.2) is 0 Å². The van der Waals surface area contributed by atoms with E-state index in [4.69, 9.17) is 16.3 Å². The molecule has 1 N–H and O–H groups in total. The first kappa shape index (κ1) is 19.0. The maximum Gasteiger partial charge on any atom is 0.261 e. The van der Waals surface area contributed by atoms with Crippen LogP contribution in [0.25, 0.3) is 0 Å². The number of nitrogens with one attached hydrogen (secondary N) is 1. The average Bonchev–Trinajstić information content (AvgIpc) is 2.59. The molecule has 0 spiro atoms. The second kappa shape index (κ2) is 9.87. The molecule has 1 aliphatic heterocycles. The van der Waals surface area contributed by atoms with Gasteiger partial charge in [0.1, 0.15) is 5.75 Å². The lowest BCUT2D eigenvalue weighted by molar-refractivity contribution is -0.128. The normalized spacial score (nSPS) is 17.5. The van der Waals surface area contributed by atoms with Crippen molar-refractivity contribution in [2.24, 2.45) is 0 Å². The molecule has 0 aliphatic carbocycles. The van der Waals surface area contributed by atoms with E-state index in [1.165, 1.54) is 0 Å². The molecule has 0 unspecified atom stereocenters. The standard InChI is InChI=1S/C18H28ClN3O2/c1-3-16(24-17-8-5-4-7-15(17)19)18(23)20-9-6-10-22-13-11-21(2)12-14-22/h4-5,7-8,16H,3,6,9-14H2,1-2H3,(H,20,23)/t16-/m1/s1. The van der Waals surface area contributed by atoms with Gasteiger partial charge < -0.3 is 19.9 Å². The molecule has 1 heterocycles. The quantitative estimate of drug-likeness (QED) is 0.728. The predicted molar refractivity (Wildman–Crippen MR) is 97.7 cm³/mol. The van der Waals surface area contributed by atoms with Crippen LogP contribution < -0.4 is 10.1 Å². The molecule has 1 saturated heterocycles. The Morgan fingerprint density at radius 2 is 2.00 bits per heavy atom. The fraction of sp³-hybridized carbons (Fsp3) is 0.611. The van der Waals surface area contributed by atoms with Crippen LogP contribution >= 0.6 is 11.6 Å². The van der Waals surface area contributed by atoms with Crippen molar-refractivity contribution in [3.05, 3.63) is 29.3 Å². The first-order valence-electron chi connectivity index (χ1n) is 8.70. The SMILES string of the molecule is CC[C@@H](Oc1ccccc1Cl)C(=O)NCCCN1CCN(C)CC1. The van der Waals surface area contributed by atoms with Gasteiger partial charge in [0, 0.05) is 32.7 Å². The zero-order valence-electron chi connectivity index (χ0n) is 14.6. The molecular weight excluding hydrogens is 326 g/mol. The van der Waals surface area contributed by atoms with Crippen LogP contribution in [0.1, 0.15) is 19.8 Å². The monoisotopic (exact) mass is 353 g/mol. The molecule has 5 nitrogen and oxygen atoms in total. The Morgan fingerprint density at radius 3 is 2.67 bits per heavy atom. The van der Waals surface area contributed by atoms with E-state index in [9.17, 15) is 4.79 Å². The first-order chi connectivity index (χ1) is 11.6. The van der Waals surface area contributed by atoms with Crippen LogP contribution in [0, 0.1) is 0 Å². The van der Waals surface area contributed by atoms with E-state index in [1.807, 2.05) is 19.1 Å². The second-order valence-corrected chi connectivity index (χ2v) is 6.64. The third kappa shape index (κ3) is 5.96. The number of carbonyl (C=O) groups is 1.